The van der Waals surface area contributed by atoms with Crippen LogP contribution in [0.15, 0.2) is 46.9 Å². The lowest BCUT2D eigenvalue weighted by atomic mass is 10.1. The molecule has 5 heteroatoms. The Balaban J connectivity index is 2.28. The van der Waals surface area contributed by atoms with Crippen LogP contribution in [-0.2, 0) is 0 Å². The van der Waals surface area contributed by atoms with Crippen molar-refractivity contribution in [2.45, 2.75) is 6.92 Å². The molecular formula is C15H11BrNO3-. The summed E-state index contributed by atoms with van der Waals surface area (Å²) in [6, 6.07) is 11.3. The molecule has 0 spiro atoms. The molecule has 1 N–H and O–H groups in total. The Morgan fingerprint density at radius 2 is 1.75 bits per heavy atom. The van der Waals surface area contributed by atoms with E-state index in [1.54, 1.807) is 24.3 Å². The number of carboxylic acid groups (broad SMARTS) is 1. The number of halogens is 1. The molecule has 0 aliphatic carbocycles. The molecule has 0 aromatic heterocycles. The molecule has 2 aromatic carbocycles. The Hall–Kier alpha value is -2.14. The molecule has 0 atom stereocenters. The first-order valence-electron chi connectivity index (χ1n) is 5.87. The summed E-state index contributed by atoms with van der Waals surface area (Å²) in [7, 11) is 0. The highest BCUT2D eigenvalue weighted by atomic mass is 79.9. The third-order valence-corrected chi connectivity index (χ3v) is 3.70. The lowest BCUT2D eigenvalue weighted by molar-refractivity contribution is -0.255. The molecule has 4 nitrogen and oxygen atoms in total. The predicted molar refractivity (Wildman–Crippen MR) is 77.6 cm³/mol. The summed E-state index contributed by atoms with van der Waals surface area (Å²) in [6.07, 6.45) is 0. The number of benzene rings is 2. The first-order chi connectivity index (χ1) is 9.49. The Labute approximate surface area is 124 Å². The number of carbonyl (C=O) groups is 2. The third kappa shape index (κ3) is 3.05. The molecule has 0 radical (unpaired) electrons. The highest BCUT2D eigenvalue weighted by Crippen LogP contribution is 2.21. The molecule has 20 heavy (non-hydrogen) atoms. The molecule has 0 bridgehead atoms. The fraction of sp³-hybridized carbons (Fsp3) is 0.0667. The number of hydrogen-bond donors (Lipinski definition) is 1. The summed E-state index contributed by atoms with van der Waals surface area (Å²) in [4.78, 5) is 23.1. The van der Waals surface area contributed by atoms with E-state index < -0.39 is 11.9 Å². The fourth-order valence-corrected chi connectivity index (χ4v) is 2.03. The van der Waals surface area contributed by atoms with Gasteiger partial charge in [-0.3, -0.25) is 4.79 Å². The zero-order valence-electron chi connectivity index (χ0n) is 10.6. The van der Waals surface area contributed by atoms with Gasteiger partial charge in [0.1, 0.15) is 0 Å². The SMILES string of the molecule is Cc1cc(NC(=O)c2ccccc2C(=O)[O-])ccc1Br. The van der Waals surface area contributed by atoms with Crippen LogP contribution in [-0.4, -0.2) is 11.9 Å². The number of carbonyl (C=O) groups excluding carboxylic acids is 2. The molecule has 0 saturated carbocycles. The van der Waals surface area contributed by atoms with E-state index in [9.17, 15) is 14.7 Å². The van der Waals surface area contributed by atoms with Crippen molar-refractivity contribution in [3.63, 3.8) is 0 Å². The second-order valence-electron chi connectivity index (χ2n) is 4.25. The van der Waals surface area contributed by atoms with Gasteiger partial charge in [0.15, 0.2) is 0 Å². The van der Waals surface area contributed by atoms with Gasteiger partial charge in [0.25, 0.3) is 5.91 Å². The molecule has 0 fully saturated rings. The maximum absolute atomic E-state index is 12.1. The molecule has 0 unspecified atom stereocenters. The van der Waals surface area contributed by atoms with Crippen molar-refractivity contribution in [1.29, 1.82) is 0 Å². The van der Waals surface area contributed by atoms with Gasteiger partial charge in [0, 0.05) is 21.3 Å². The second-order valence-corrected chi connectivity index (χ2v) is 5.11. The second kappa shape index (κ2) is 5.88. The van der Waals surface area contributed by atoms with Gasteiger partial charge in [-0.1, -0.05) is 34.1 Å². The van der Waals surface area contributed by atoms with Gasteiger partial charge in [-0.15, -0.1) is 0 Å². The van der Waals surface area contributed by atoms with Crippen LogP contribution < -0.4 is 10.4 Å². The van der Waals surface area contributed by atoms with Crippen LogP contribution in [0.25, 0.3) is 0 Å². The van der Waals surface area contributed by atoms with Crippen molar-refractivity contribution in [3.8, 4) is 0 Å². The van der Waals surface area contributed by atoms with Gasteiger partial charge in [-0.2, -0.15) is 0 Å². The molecule has 2 aromatic rings. The first-order valence-corrected chi connectivity index (χ1v) is 6.66. The summed E-state index contributed by atoms with van der Waals surface area (Å²) in [5.74, 6) is -1.85. The normalized spacial score (nSPS) is 10.1. The van der Waals surface area contributed by atoms with E-state index in [0.717, 1.165) is 10.0 Å². The zero-order chi connectivity index (χ0) is 14.7. The number of carboxylic acids is 1. The van der Waals surface area contributed by atoms with Crippen LogP contribution in [0.4, 0.5) is 5.69 Å². The lowest BCUT2D eigenvalue weighted by Crippen LogP contribution is -2.26. The van der Waals surface area contributed by atoms with Crippen molar-refractivity contribution in [2.75, 3.05) is 5.32 Å². The van der Waals surface area contributed by atoms with E-state index in [4.69, 9.17) is 0 Å². The number of amides is 1. The van der Waals surface area contributed by atoms with Gasteiger partial charge in [0.2, 0.25) is 0 Å². The minimum atomic E-state index is -1.37. The van der Waals surface area contributed by atoms with Crippen molar-refractivity contribution in [3.05, 3.63) is 63.6 Å². The van der Waals surface area contributed by atoms with Gasteiger partial charge in [-0.05, 0) is 36.8 Å². The van der Waals surface area contributed by atoms with Gasteiger partial charge < -0.3 is 15.2 Å². The largest absolute Gasteiger partial charge is 0.545 e. The third-order valence-electron chi connectivity index (χ3n) is 2.81. The van der Waals surface area contributed by atoms with Crippen molar-refractivity contribution in [2.24, 2.45) is 0 Å². The Bertz CT molecular complexity index is 683. The molecule has 0 aliphatic rings. The quantitative estimate of drug-likeness (QED) is 0.938. The number of nitrogens with one attached hydrogen (secondary N) is 1. The Kier molecular flexibility index (Phi) is 4.20. The molecule has 0 saturated heterocycles. The maximum atomic E-state index is 12.1. The van der Waals surface area contributed by atoms with E-state index in [-0.39, 0.29) is 11.1 Å². The van der Waals surface area contributed by atoms with E-state index in [1.165, 1.54) is 12.1 Å². The van der Waals surface area contributed by atoms with Crippen molar-refractivity contribution in [1.82, 2.24) is 0 Å². The molecule has 0 heterocycles. The van der Waals surface area contributed by atoms with Crippen LogP contribution in [0.3, 0.4) is 0 Å². The van der Waals surface area contributed by atoms with Crippen LogP contribution in [0, 0.1) is 6.92 Å². The topological polar surface area (TPSA) is 69.2 Å². The summed E-state index contributed by atoms with van der Waals surface area (Å²) in [5, 5.41) is 13.7. The number of hydrogen-bond acceptors (Lipinski definition) is 3. The minimum Gasteiger partial charge on any atom is -0.545 e. The predicted octanol–water partition coefficient (Wildman–Crippen LogP) is 2.37. The summed E-state index contributed by atoms with van der Waals surface area (Å²) >= 11 is 3.37. The summed E-state index contributed by atoms with van der Waals surface area (Å²) in [5.41, 5.74) is 1.52. The van der Waals surface area contributed by atoms with Gasteiger partial charge in [-0.25, -0.2) is 0 Å². The van der Waals surface area contributed by atoms with Crippen molar-refractivity contribution < 1.29 is 14.7 Å². The smallest absolute Gasteiger partial charge is 0.256 e. The van der Waals surface area contributed by atoms with E-state index in [2.05, 4.69) is 21.2 Å². The first kappa shape index (κ1) is 14.3. The molecule has 1 amide bonds. The molecular weight excluding hydrogens is 322 g/mol. The highest BCUT2D eigenvalue weighted by molar-refractivity contribution is 9.10. The van der Waals surface area contributed by atoms with Gasteiger partial charge >= 0.3 is 0 Å². The Morgan fingerprint density at radius 3 is 2.35 bits per heavy atom. The Morgan fingerprint density at radius 1 is 1.10 bits per heavy atom. The number of rotatable bonds is 3. The monoisotopic (exact) mass is 332 g/mol. The molecule has 2 rings (SSSR count). The van der Waals surface area contributed by atoms with Crippen LogP contribution in [0.1, 0.15) is 26.3 Å². The fourth-order valence-electron chi connectivity index (χ4n) is 1.78. The minimum absolute atomic E-state index is 0.0769. The van der Waals surface area contributed by atoms with Crippen LogP contribution >= 0.6 is 15.9 Å². The summed E-state index contributed by atoms with van der Waals surface area (Å²) in [6.45, 7) is 1.90. The standard InChI is InChI=1S/C15H12BrNO3/c1-9-8-10(6-7-13(9)16)17-14(18)11-4-2-3-5-12(11)15(19)20/h2-8H,1H3,(H,17,18)(H,19,20)/p-1. The summed E-state index contributed by atoms with van der Waals surface area (Å²) < 4.78 is 0.936. The molecule has 0 aliphatic heterocycles. The zero-order valence-corrected chi connectivity index (χ0v) is 12.2. The van der Waals surface area contributed by atoms with Crippen LogP contribution in [0.5, 0.6) is 0 Å². The lowest BCUT2D eigenvalue weighted by Gasteiger charge is -2.11. The van der Waals surface area contributed by atoms with E-state index in [0.29, 0.717) is 5.69 Å². The highest BCUT2D eigenvalue weighted by Gasteiger charge is 2.12. The van der Waals surface area contributed by atoms with Crippen LogP contribution in [0.2, 0.25) is 0 Å². The maximum Gasteiger partial charge on any atom is 0.256 e. The van der Waals surface area contributed by atoms with E-state index in [1.807, 2.05) is 13.0 Å². The van der Waals surface area contributed by atoms with E-state index >= 15 is 0 Å². The average Bonchev–Trinajstić information content (AvgIpc) is 2.43. The number of anilines is 1. The molecule has 102 valence electrons. The number of aryl methyl sites for hydroxylation is 1. The van der Waals surface area contributed by atoms with Crippen molar-refractivity contribution >= 4 is 33.5 Å². The average molecular weight is 333 g/mol. The number of aromatic carboxylic acids is 1. The van der Waals surface area contributed by atoms with Gasteiger partial charge in [0.05, 0.1) is 5.97 Å².